The van der Waals surface area contributed by atoms with E-state index >= 15 is 0 Å². The topological polar surface area (TPSA) is 38.3 Å². The Labute approximate surface area is 110 Å². The van der Waals surface area contributed by atoms with E-state index in [2.05, 4.69) is 26.1 Å². The Morgan fingerprint density at radius 1 is 1.28 bits per heavy atom. The predicted octanol–water partition coefficient (Wildman–Crippen LogP) is 2.84. The number of aryl methyl sites for hydroxylation is 2. The summed E-state index contributed by atoms with van der Waals surface area (Å²) >= 11 is 0. The lowest BCUT2D eigenvalue weighted by atomic mass is 10.1. The summed E-state index contributed by atoms with van der Waals surface area (Å²) in [7, 11) is 0. The lowest BCUT2D eigenvalue weighted by Crippen LogP contribution is -2.30. The van der Waals surface area contributed by atoms with Crippen molar-refractivity contribution in [2.24, 2.45) is 5.92 Å². The van der Waals surface area contributed by atoms with Gasteiger partial charge in [0.2, 0.25) is 0 Å². The Morgan fingerprint density at radius 2 is 2.00 bits per heavy atom. The fraction of sp³-hybridized carbons (Fsp3) is 0.533. The number of rotatable bonds is 6. The van der Waals surface area contributed by atoms with Crippen molar-refractivity contribution in [1.29, 1.82) is 0 Å². The van der Waals surface area contributed by atoms with Gasteiger partial charge in [0.05, 0.1) is 0 Å². The van der Waals surface area contributed by atoms with Crippen molar-refractivity contribution in [2.45, 2.75) is 34.1 Å². The van der Waals surface area contributed by atoms with Crippen LogP contribution in [0.2, 0.25) is 0 Å². The van der Waals surface area contributed by atoms with Crippen molar-refractivity contribution in [3.63, 3.8) is 0 Å². The SMILES string of the molecule is Cc1ccc(OCC(=O)NCCC(C)C)cc1C. The van der Waals surface area contributed by atoms with Gasteiger partial charge < -0.3 is 10.1 Å². The highest BCUT2D eigenvalue weighted by Gasteiger charge is 2.03. The van der Waals surface area contributed by atoms with E-state index in [1.807, 2.05) is 25.1 Å². The summed E-state index contributed by atoms with van der Waals surface area (Å²) in [5, 5.41) is 2.85. The van der Waals surface area contributed by atoms with Crippen LogP contribution >= 0.6 is 0 Å². The van der Waals surface area contributed by atoms with Gasteiger partial charge in [0.15, 0.2) is 6.61 Å². The average molecular weight is 249 g/mol. The second-order valence-electron chi connectivity index (χ2n) is 5.07. The molecular weight excluding hydrogens is 226 g/mol. The van der Waals surface area contributed by atoms with Crippen molar-refractivity contribution in [3.05, 3.63) is 29.3 Å². The van der Waals surface area contributed by atoms with Crippen molar-refractivity contribution in [2.75, 3.05) is 13.2 Å². The van der Waals surface area contributed by atoms with Crippen LogP contribution in [0.15, 0.2) is 18.2 Å². The molecule has 18 heavy (non-hydrogen) atoms. The van der Waals surface area contributed by atoms with Gasteiger partial charge >= 0.3 is 0 Å². The largest absolute Gasteiger partial charge is 0.484 e. The molecule has 0 atom stereocenters. The Kier molecular flexibility index (Phi) is 5.69. The van der Waals surface area contributed by atoms with Gasteiger partial charge in [0.25, 0.3) is 5.91 Å². The molecule has 1 amide bonds. The van der Waals surface area contributed by atoms with Crippen molar-refractivity contribution in [3.8, 4) is 5.75 Å². The highest BCUT2D eigenvalue weighted by atomic mass is 16.5. The molecule has 0 bridgehead atoms. The molecule has 0 heterocycles. The zero-order valence-electron chi connectivity index (χ0n) is 11.7. The molecule has 0 unspecified atom stereocenters. The van der Waals surface area contributed by atoms with Gasteiger partial charge in [-0.15, -0.1) is 0 Å². The van der Waals surface area contributed by atoms with Crippen LogP contribution in [0.5, 0.6) is 5.75 Å². The summed E-state index contributed by atoms with van der Waals surface area (Å²) in [6.45, 7) is 9.16. The minimum Gasteiger partial charge on any atom is -0.484 e. The Bertz CT molecular complexity index is 399. The number of hydrogen-bond donors (Lipinski definition) is 1. The lowest BCUT2D eigenvalue weighted by molar-refractivity contribution is -0.123. The molecule has 0 aliphatic heterocycles. The van der Waals surface area contributed by atoms with E-state index in [0.29, 0.717) is 12.5 Å². The van der Waals surface area contributed by atoms with E-state index in [1.54, 1.807) is 0 Å². The van der Waals surface area contributed by atoms with Crippen LogP contribution in [0.25, 0.3) is 0 Å². The summed E-state index contributed by atoms with van der Waals surface area (Å²) in [5.41, 5.74) is 2.40. The third-order valence-corrected chi connectivity index (χ3v) is 2.89. The van der Waals surface area contributed by atoms with E-state index in [4.69, 9.17) is 4.74 Å². The fourth-order valence-electron chi connectivity index (χ4n) is 1.50. The monoisotopic (exact) mass is 249 g/mol. The van der Waals surface area contributed by atoms with Gasteiger partial charge in [-0.25, -0.2) is 0 Å². The van der Waals surface area contributed by atoms with Gasteiger partial charge in [-0.3, -0.25) is 4.79 Å². The second kappa shape index (κ2) is 7.04. The smallest absolute Gasteiger partial charge is 0.257 e. The third-order valence-electron chi connectivity index (χ3n) is 2.89. The van der Waals surface area contributed by atoms with Crippen molar-refractivity contribution >= 4 is 5.91 Å². The Morgan fingerprint density at radius 3 is 2.61 bits per heavy atom. The number of carbonyl (C=O) groups is 1. The van der Waals surface area contributed by atoms with E-state index in [-0.39, 0.29) is 12.5 Å². The van der Waals surface area contributed by atoms with Crippen molar-refractivity contribution in [1.82, 2.24) is 5.32 Å². The molecular formula is C15H23NO2. The molecule has 1 aromatic rings. The van der Waals surface area contributed by atoms with E-state index in [9.17, 15) is 4.79 Å². The molecule has 3 heteroatoms. The van der Waals surface area contributed by atoms with Crippen LogP contribution in [0.1, 0.15) is 31.4 Å². The number of hydrogen-bond acceptors (Lipinski definition) is 2. The maximum atomic E-state index is 11.5. The van der Waals surface area contributed by atoms with E-state index in [1.165, 1.54) is 11.1 Å². The van der Waals surface area contributed by atoms with Gasteiger partial charge in [-0.2, -0.15) is 0 Å². The molecule has 1 aromatic carbocycles. The molecule has 0 radical (unpaired) electrons. The quantitative estimate of drug-likeness (QED) is 0.842. The number of carbonyl (C=O) groups excluding carboxylic acids is 1. The molecule has 0 aliphatic carbocycles. The molecule has 0 spiro atoms. The number of ether oxygens (including phenoxy) is 1. The minimum atomic E-state index is -0.0612. The van der Waals surface area contributed by atoms with Gasteiger partial charge in [0.1, 0.15) is 5.75 Å². The Hall–Kier alpha value is -1.51. The van der Waals surface area contributed by atoms with E-state index < -0.39 is 0 Å². The van der Waals surface area contributed by atoms with E-state index in [0.717, 1.165) is 12.2 Å². The lowest BCUT2D eigenvalue weighted by Gasteiger charge is -2.09. The van der Waals surface area contributed by atoms with Gasteiger partial charge in [0, 0.05) is 6.54 Å². The zero-order valence-corrected chi connectivity index (χ0v) is 11.7. The number of amides is 1. The van der Waals surface area contributed by atoms with Crippen LogP contribution < -0.4 is 10.1 Å². The maximum Gasteiger partial charge on any atom is 0.257 e. The first-order valence-corrected chi connectivity index (χ1v) is 6.46. The van der Waals surface area contributed by atoms with Crippen LogP contribution in [-0.4, -0.2) is 19.1 Å². The Balaban J connectivity index is 2.31. The minimum absolute atomic E-state index is 0.0612. The highest BCUT2D eigenvalue weighted by molar-refractivity contribution is 5.77. The molecule has 1 rings (SSSR count). The second-order valence-corrected chi connectivity index (χ2v) is 5.07. The summed E-state index contributed by atoms with van der Waals surface area (Å²) in [6.07, 6.45) is 0.995. The number of benzene rings is 1. The summed E-state index contributed by atoms with van der Waals surface area (Å²) in [4.78, 5) is 11.5. The molecule has 3 nitrogen and oxygen atoms in total. The first kappa shape index (κ1) is 14.6. The standard InChI is InChI=1S/C15H23NO2/c1-11(2)7-8-16-15(17)10-18-14-6-5-12(3)13(4)9-14/h5-6,9,11H,7-8,10H2,1-4H3,(H,16,17). The van der Waals surface area contributed by atoms with Crippen LogP contribution in [-0.2, 0) is 4.79 Å². The van der Waals surface area contributed by atoms with Gasteiger partial charge in [-0.1, -0.05) is 19.9 Å². The first-order valence-electron chi connectivity index (χ1n) is 6.46. The van der Waals surface area contributed by atoms with Crippen molar-refractivity contribution < 1.29 is 9.53 Å². The normalized spacial score (nSPS) is 10.5. The highest BCUT2D eigenvalue weighted by Crippen LogP contribution is 2.16. The summed E-state index contributed by atoms with van der Waals surface area (Å²) in [6, 6.07) is 5.85. The zero-order chi connectivity index (χ0) is 13.5. The van der Waals surface area contributed by atoms with Crippen LogP contribution in [0, 0.1) is 19.8 Å². The van der Waals surface area contributed by atoms with Crippen LogP contribution in [0.4, 0.5) is 0 Å². The fourth-order valence-corrected chi connectivity index (χ4v) is 1.50. The molecule has 0 aliphatic rings. The first-order chi connectivity index (χ1) is 8.49. The summed E-state index contributed by atoms with van der Waals surface area (Å²) in [5.74, 6) is 1.29. The average Bonchev–Trinajstić information content (AvgIpc) is 2.30. The van der Waals surface area contributed by atoms with Crippen LogP contribution in [0.3, 0.4) is 0 Å². The summed E-state index contributed by atoms with van der Waals surface area (Å²) < 4.78 is 5.45. The predicted molar refractivity (Wildman–Crippen MR) is 73.9 cm³/mol. The van der Waals surface area contributed by atoms with Gasteiger partial charge in [-0.05, 0) is 49.4 Å². The molecule has 0 fully saturated rings. The number of nitrogens with one attached hydrogen (secondary N) is 1. The molecule has 1 N–H and O–H groups in total. The molecule has 0 saturated heterocycles. The maximum absolute atomic E-state index is 11.5. The molecule has 0 aromatic heterocycles. The third kappa shape index (κ3) is 5.21. The molecule has 100 valence electrons. The molecule has 0 saturated carbocycles.